The van der Waals surface area contributed by atoms with Crippen LogP contribution in [0, 0.1) is 13.8 Å². The molecule has 1 aliphatic rings. The van der Waals surface area contributed by atoms with Crippen LogP contribution in [0.25, 0.3) is 0 Å². The van der Waals surface area contributed by atoms with E-state index in [9.17, 15) is 4.79 Å². The summed E-state index contributed by atoms with van der Waals surface area (Å²) in [4.78, 5) is 23.9. The van der Waals surface area contributed by atoms with Gasteiger partial charge in [0.1, 0.15) is 5.75 Å². The van der Waals surface area contributed by atoms with Gasteiger partial charge in [0.05, 0.1) is 29.7 Å². The zero-order valence-corrected chi connectivity index (χ0v) is 14.3. The van der Waals surface area contributed by atoms with Gasteiger partial charge in [0.2, 0.25) is 5.95 Å². The number of anilines is 2. The molecule has 1 amide bonds. The minimum Gasteiger partial charge on any atom is -0.496 e. The lowest BCUT2D eigenvalue weighted by Crippen LogP contribution is -2.22. The van der Waals surface area contributed by atoms with Crippen molar-refractivity contribution < 1.29 is 9.53 Å². The van der Waals surface area contributed by atoms with E-state index >= 15 is 0 Å². The van der Waals surface area contributed by atoms with E-state index in [0.717, 1.165) is 30.4 Å². The number of nitrogens with zero attached hydrogens (tertiary/aromatic N) is 3. The number of benzene rings is 1. The fourth-order valence-electron chi connectivity index (χ4n) is 2.95. The van der Waals surface area contributed by atoms with Crippen LogP contribution in [0.2, 0.25) is 0 Å². The Labute approximate surface area is 141 Å². The van der Waals surface area contributed by atoms with Crippen LogP contribution in [-0.2, 0) is 0 Å². The highest BCUT2D eigenvalue weighted by Gasteiger charge is 2.19. The molecule has 1 aromatic carbocycles. The third-order valence-corrected chi connectivity index (χ3v) is 4.24. The first kappa shape index (κ1) is 16.2. The van der Waals surface area contributed by atoms with Gasteiger partial charge in [-0.2, -0.15) is 0 Å². The Kier molecular flexibility index (Phi) is 4.64. The molecule has 24 heavy (non-hydrogen) atoms. The lowest BCUT2D eigenvalue weighted by Gasteiger charge is -2.18. The van der Waals surface area contributed by atoms with Crippen LogP contribution >= 0.6 is 0 Å². The average Bonchev–Trinajstić information content (AvgIpc) is 3.12. The van der Waals surface area contributed by atoms with Crippen molar-refractivity contribution in [2.45, 2.75) is 26.7 Å². The van der Waals surface area contributed by atoms with Gasteiger partial charge in [0, 0.05) is 13.1 Å². The van der Waals surface area contributed by atoms with E-state index in [-0.39, 0.29) is 5.91 Å². The number of para-hydroxylation sites is 1. The maximum Gasteiger partial charge on any atom is 0.259 e. The summed E-state index contributed by atoms with van der Waals surface area (Å²) in [5.41, 5.74) is 2.69. The monoisotopic (exact) mass is 326 g/mol. The van der Waals surface area contributed by atoms with Crippen molar-refractivity contribution in [3.05, 3.63) is 41.2 Å². The number of rotatable bonds is 4. The Morgan fingerprint density at radius 2 is 1.75 bits per heavy atom. The average molecular weight is 326 g/mol. The van der Waals surface area contributed by atoms with E-state index in [0.29, 0.717) is 17.0 Å². The number of ether oxygens (including phenoxy) is 1. The van der Waals surface area contributed by atoms with E-state index in [4.69, 9.17) is 4.74 Å². The quantitative estimate of drug-likeness (QED) is 0.935. The Hall–Kier alpha value is -2.63. The molecule has 6 heteroatoms. The summed E-state index contributed by atoms with van der Waals surface area (Å²) in [6, 6.07) is 7.14. The van der Waals surface area contributed by atoms with Crippen LogP contribution in [0.4, 0.5) is 11.6 Å². The molecule has 1 N–H and O–H groups in total. The van der Waals surface area contributed by atoms with E-state index < -0.39 is 0 Å². The molecule has 1 saturated heterocycles. The SMILES string of the molecule is COc1ccccc1C(=O)Nc1c(C)nc(N2CCCC2)nc1C. The third-order valence-electron chi connectivity index (χ3n) is 4.24. The summed E-state index contributed by atoms with van der Waals surface area (Å²) in [5, 5.41) is 2.92. The second kappa shape index (κ2) is 6.86. The molecule has 3 rings (SSSR count). The van der Waals surface area contributed by atoms with Gasteiger partial charge in [-0.1, -0.05) is 12.1 Å². The molecular weight excluding hydrogens is 304 g/mol. The van der Waals surface area contributed by atoms with Gasteiger partial charge in [-0.15, -0.1) is 0 Å². The molecule has 0 atom stereocenters. The van der Waals surface area contributed by atoms with Crippen LogP contribution in [0.3, 0.4) is 0 Å². The zero-order valence-electron chi connectivity index (χ0n) is 14.3. The van der Waals surface area contributed by atoms with Crippen molar-refractivity contribution in [3.8, 4) is 5.75 Å². The minimum atomic E-state index is -0.226. The van der Waals surface area contributed by atoms with Crippen LogP contribution in [0.5, 0.6) is 5.75 Å². The van der Waals surface area contributed by atoms with Gasteiger partial charge in [-0.3, -0.25) is 4.79 Å². The second-order valence-corrected chi connectivity index (χ2v) is 5.92. The molecule has 126 valence electrons. The summed E-state index contributed by atoms with van der Waals surface area (Å²) in [5.74, 6) is 1.06. The number of aryl methyl sites for hydroxylation is 2. The van der Waals surface area contributed by atoms with E-state index in [1.807, 2.05) is 26.0 Å². The minimum absolute atomic E-state index is 0.226. The Morgan fingerprint density at radius 1 is 1.12 bits per heavy atom. The van der Waals surface area contributed by atoms with Crippen molar-refractivity contribution in [2.75, 3.05) is 30.4 Å². The Bertz CT molecular complexity index is 731. The summed E-state index contributed by atoms with van der Waals surface area (Å²) in [6.07, 6.45) is 2.35. The molecule has 0 unspecified atom stereocenters. The maximum absolute atomic E-state index is 12.6. The largest absolute Gasteiger partial charge is 0.496 e. The standard InChI is InChI=1S/C18H22N4O2/c1-12-16(13(2)20-18(19-12)22-10-6-7-11-22)21-17(23)14-8-4-5-9-15(14)24-3/h4-5,8-9H,6-7,10-11H2,1-3H3,(H,21,23). The Morgan fingerprint density at radius 3 is 2.38 bits per heavy atom. The summed E-state index contributed by atoms with van der Waals surface area (Å²) in [6.45, 7) is 5.77. The molecule has 0 aliphatic carbocycles. The van der Waals surface area contributed by atoms with Crippen molar-refractivity contribution in [1.82, 2.24) is 9.97 Å². The number of amides is 1. The first-order valence-corrected chi connectivity index (χ1v) is 8.14. The highest BCUT2D eigenvalue weighted by molar-refractivity contribution is 6.06. The van der Waals surface area contributed by atoms with Crippen LogP contribution in [0.15, 0.2) is 24.3 Å². The molecule has 0 bridgehead atoms. The lowest BCUT2D eigenvalue weighted by molar-refractivity contribution is 0.102. The molecular formula is C18H22N4O2. The van der Waals surface area contributed by atoms with E-state index in [1.54, 1.807) is 19.2 Å². The molecule has 1 aromatic heterocycles. The van der Waals surface area contributed by atoms with Crippen LogP contribution in [0.1, 0.15) is 34.6 Å². The van der Waals surface area contributed by atoms with Gasteiger partial charge < -0.3 is 15.0 Å². The molecule has 2 aromatic rings. The van der Waals surface area contributed by atoms with Crippen LogP contribution < -0.4 is 15.0 Å². The molecule has 1 aliphatic heterocycles. The van der Waals surface area contributed by atoms with Gasteiger partial charge in [-0.25, -0.2) is 9.97 Å². The number of aromatic nitrogens is 2. The molecule has 1 fully saturated rings. The predicted molar refractivity (Wildman–Crippen MR) is 93.9 cm³/mol. The fraction of sp³-hybridized carbons (Fsp3) is 0.389. The first-order chi connectivity index (χ1) is 11.6. The summed E-state index contributed by atoms with van der Waals surface area (Å²) >= 11 is 0. The van der Waals surface area contributed by atoms with Gasteiger partial charge in [0.25, 0.3) is 5.91 Å². The number of hydrogen-bond acceptors (Lipinski definition) is 5. The van der Waals surface area contributed by atoms with Gasteiger partial charge >= 0.3 is 0 Å². The highest BCUT2D eigenvalue weighted by Crippen LogP contribution is 2.25. The van der Waals surface area contributed by atoms with E-state index in [1.165, 1.54) is 12.8 Å². The number of carbonyl (C=O) groups is 1. The first-order valence-electron chi connectivity index (χ1n) is 8.14. The molecule has 0 radical (unpaired) electrons. The number of nitrogens with one attached hydrogen (secondary N) is 1. The number of carbonyl (C=O) groups excluding carboxylic acids is 1. The fourth-order valence-corrected chi connectivity index (χ4v) is 2.95. The van der Waals surface area contributed by atoms with Crippen molar-refractivity contribution in [2.24, 2.45) is 0 Å². The predicted octanol–water partition coefficient (Wildman–Crippen LogP) is 2.95. The smallest absolute Gasteiger partial charge is 0.259 e. The Balaban J connectivity index is 1.85. The number of hydrogen-bond donors (Lipinski definition) is 1. The normalized spacial score (nSPS) is 13.9. The molecule has 0 spiro atoms. The van der Waals surface area contributed by atoms with Crippen molar-refractivity contribution >= 4 is 17.5 Å². The van der Waals surface area contributed by atoms with E-state index in [2.05, 4.69) is 20.2 Å². The molecule has 6 nitrogen and oxygen atoms in total. The molecule has 0 saturated carbocycles. The van der Waals surface area contributed by atoms with Crippen molar-refractivity contribution in [1.29, 1.82) is 0 Å². The maximum atomic E-state index is 12.6. The molecule has 2 heterocycles. The van der Waals surface area contributed by atoms with Gasteiger partial charge in [-0.05, 0) is 38.8 Å². The zero-order chi connectivity index (χ0) is 17.1. The number of methoxy groups -OCH3 is 1. The van der Waals surface area contributed by atoms with Crippen LogP contribution in [-0.4, -0.2) is 36.1 Å². The third kappa shape index (κ3) is 3.18. The second-order valence-electron chi connectivity index (χ2n) is 5.92. The summed E-state index contributed by atoms with van der Waals surface area (Å²) in [7, 11) is 1.55. The topological polar surface area (TPSA) is 67.3 Å². The lowest BCUT2D eigenvalue weighted by atomic mass is 10.1. The summed E-state index contributed by atoms with van der Waals surface area (Å²) < 4.78 is 5.25. The van der Waals surface area contributed by atoms with Gasteiger partial charge in [0.15, 0.2) is 0 Å². The van der Waals surface area contributed by atoms with Crippen molar-refractivity contribution in [3.63, 3.8) is 0 Å². The highest BCUT2D eigenvalue weighted by atomic mass is 16.5.